The van der Waals surface area contributed by atoms with E-state index in [0.717, 1.165) is 12.3 Å². The Balaban J connectivity index is 1.97. The van der Waals surface area contributed by atoms with Crippen molar-refractivity contribution in [3.05, 3.63) is 47.8 Å². The molecule has 1 heterocycles. The summed E-state index contributed by atoms with van der Waals surface area (Å²) in [5.41, 5.74) is 4.99. The molecule has 0 aliphatic heterocycles. The summed E-state index contributed by atoms with van der Waals surface area (Å²) in [5.74, 6) is 0.910. The second kappa shape index (κ2) is 5.63. The van der Waals surface area contributed by atoms with Crippen LogP contribution >= 0.6 is 0 Å². The van der Waals surface area contributed by atoms with E-state index in [4.69, 9.17) is 4.74 Å². The van der Waals surface area contributed by atoms with Crippen LogP contribution in [-0.4, -0.2) is 18.1 Å². The number of hydrogen-bond acceptors (Lipinski definition) is 3. The molecule has 1 fully saturated rings. The van der Waals surface area contributed by atoms with Crippen LogP contribution in [0.2, 0.25) is 0 Å². The Morgan fingerprint density at radius 2 is 2.10 bits per heavy atom. The van der Waals surface area contributed by atoms with E-state index < -0.39 is 0 Å². The number of methoxy groups -OCH3 is 1. The lowest BCUT2D eigenvalue weighted by Gasteiger charge is -2.14. The third kappa shape index (κ3) is 2.83. The molecular formula is C17H20N2O. The van der Waals surface area contributed by atoms with Gasteiger partial charge in [-0.1, -0.05) is 6.07 Å². The number of ether oxygens (including phenoxy) is 1. The fraction of sp³-hybridized carbons (Fsp3) is 0.353. The molecule has 1 aliphatic carbocycles. The summed E-state index contributed by atoms with van der Waals surface area (Å²) in [6.45, 7) is 2.99. The number of nitrogens with one attached hydrogen (secondary N) is 1. The first kappa shape index (κ1) is 13.1. The van der Waals surface area contributed by atoms with Crippen molar-refractivity contribution in [2.45, 2.75) is 32.4 Å². The molecule has 0 bridgehead atoms. The fourth-order valence-electron chi connectivity index (χ4n) is 2.42. The van der Waals surface area contributed by atoms with Crippen LogP contribution < -0.4 is 10.1 Å². The standard InChI is InChI=1S/C17H20N2O/c1-12-10-18-8-7-16(12)17-6-5-15(20-2)9-13(17)11-19-14-3-4-14/h5-10,14,19H,3-4,11H2,1-2H3. The highest BCUT2D eigenvalue weighted by atomic mass is 16.5. The molecule has 0 amide bonds. The maximum atomic E-state index is 5.36. The van der Waals surface area contributed by atoms with Gasteiger partial charge >= 0.3 is 0 Å². The van der Waals surface area contributed by atoms with Crippen LogP contribution in [0.3, 0.4) is 0 Å². The average molecular weight is 268 g/mol. The van der Waals surface area contributed by atoms with Gasteiger partial charge in [-0.2, -0.15) is 0 Å². The van der Waals surface area contributed by atoms with Gasteiger partial charge in [-0.05, 0) is 60.2 Å². The van der Waals surface area contributed by atoms with Gasteiger partial charge < -0.3 is 10.1 Å². The molecule has 1 aliphatic rings. The molecule has 0 atom stereocenters. The molecule has 3 heteroatoms. The largest absolute Gasteiger partial charge is 0.497 e. The van der Waals surface area contributed by atoms with Crippen LogP contribution in [-0.2, 0) is 6.54 Å². The van der Waals surface area contributed by atoms with E-state index in [2.05, 4.69) is 35.4 Å². The van der Waals surface area contributed by atoms with Crippen LogP contribution in [0.25, 0.3) is 11.1 Å². The molecular weight excluding hydrogens is 248 g/mol. The Morgan fingerprint density at radius 1 is 1.25 bits per heavy atom. The van der Waals surface area contributed by atoms with E-state index in [9.17, 15) is 0 Å². The van der Waals surface area contributed by atoms with E-state index in [-0.39, 0.29) is 0 Å². The van der Waals surface area contributed by atoms with Crippen LogP contribution in [0, 0.1) is 6.92 Å². The molecule has 2 aromatic rings. The summed E-state index contributed by atoms with van der Waals surface area (Å²) in [4.78, 5) is 4.18. The second-order valence-electron chi connectivity index (χ2n) is 5.37. The van der Waals surface area contributed by atoms with Gasteiger partial charge in [0, 0.05) is 25.0 Å². The van der Waals surface area contributed by atoms with Gasteiger partial charge in [0.15, 0.2) is 0 Å². The third-order valence-corrected chi connectivity index (χ3v) is 3.78. The topological polar surface area (TPSA) is 34.1 Å². The quantitative estimate of drug-likeness (QED) is 0.903. The molecule has 0 unspecified atom stereocenters. The first-order valence-electron chi connectivity index (χ1n) is 7.09. The zero-order valence-corrected chi connectivity index (χ0v) is 12.0. The molecule has 104 valence electrons. The van der Waals surface area contributed by atoms with Crippen molar-refractivity contribution in [2.75, 3.05) is 7.11 Å². The SMILES string of the molecule is COc1ccc(-c2ccncc2C)c(CNC2CC2)c1. The summed E-state index contributed by atoms with van der Waals surface area (Å²) in [7, 11) is 1.71. The van der Waals surface area contributed by atoms with Gasteiger partial charge in [-0.3, -0.25) is 4.98 Å². The molecule has 1 aromatic heterocycles. The summed E-state index contributed by atoms with van der Waals surface area (Å²) in [6, 6.07) is 9.08. The number of hydrogen-bond donors (Lipinski definition) is 1. The number of nitrogens with zero attached hydrogens (tertiary/aromatic N) is 1. The van der Waals surface area contributed by atoms with Gasteiger partial charge in [-0.15, -0.1) is 0 Å². The summed E-state index contributed by atoms with van der Waals surface area (Å²) >= 11 is 0. The lowest BCUT2D eigenvalue weighted by atomic mass is 9.97. The van der Waals surface area contributed by atoms with Gasteiger partial charge in [0.1, 0.15) is 5.75 Å². The average Bonchev–Trinajstić information content (AvgIpc) is 3.30. The van der Waals surface area contributed by atoms with Crippen molar-refractivity contribution in [3.63, 3.8) is 0 Å². The highest BCUT2D eigenvalue weighted by Gasteiger charge is 2.20. The summed E-state index contributed by atoms with van der Waals surface area (Å²) in [6.07, 6.45) is 6.36. The van der Waals surface area contributed by atoms with Crippen molar-refractivity contribution >= 4 is 0 Å². The molecule has 3 nitrogen and oxygen atoms in total. The lowest BCUT2D eigenvalue weighted by Crippen LogP contribution is -2.16. The van der Waals surface area contributed by atoms with Crippen molar-refractivity contribution in [1.29, 1.82) is 0 Å². The van der Waals surface area contributed by atoms with E-state index in [0.29, 0.717) is 6.04 Å². The molecule has 3 rings (SSSR count). The van der Waals surface area contributed by atoms with Gasteiger partial charge in [0.2, 0.25) is 0 Å². The molecule has 1 aromatic carbocycles. The Hall–Kier alpha value is -1.87. The summed E-state index contributed by atoms with van der Waals surface area (Å²) in [5, 5.41) is 3.58. The normalized spacial score (nSPS) is 14.3. The highest BCUT2D eigenvalue weighted by molar-refractivity contribution is 5.70. The Labute approximate surface area is 120 Å². The number of aromatic nitrogens is 1. The predicted molar refractivity (Wildman–Crippen MR) is 80.8 cm³/mol. The van der Waals surface area contributed by atoms with E-state index in [1.807, 2.05) is 18.5 Å². The van der Waals surface area contributed by atoms with Crippen molar-refractivity contribution in [1.82, 2.24) is 10.3 Å². The van der Waals surface area contributed by atoms with Gasteiger partial charge in [-0.25, -0.2) is 0 Å². The van der Waals surface area contributed by atoms with E-state index in [1.165, 1.54) is 35.1 Å². The highest BCUT2D eigenvalue weighted by Crippen LogP contribution is 2.30. The number of rotatable bonds is 5. The number of pyridine rings is 1. The minimum absolute atomic E-state index is 0.701. The maximum absolute atomic E-state index is 5.36. The minimum Gasteiger partial charge on any atom is -0.497 e. The second-order valence-corrected chi connectivity index (χ2v) is 5.37. The monoisotopic (exact) mass is 268 g/mol. The molecule has 0 saturated heterocycles. The van der Waals surface area contributed by atoms with Crippen molar-refractivity contribution in [3.8, 4) is 16.9 Å². The van der Waals surface area contributed by atoms with Crippen LogP contribution in [0.4, 0.5) is 0 Å². The molecule has 0 radical (unpaired) electrons. The van der Waals surface area contributed by atoms with Crippen molar-refractivity contribution in [2.24, 2.45) is 0 Å². The maximum Gasteiger partial charge on any atom is 0.119 e. The molecule has 1 N–H and O–H groups in total. The molecule has 0 spiro atoms. The Morgan fingerprint density at radius 3 is 2.80 bits per heavy atom. The third-order valence-electron chi connectivity index (χ3n) is 3.78. The predicted octanol–water partition coefficient (Wildman–Crippen LogP) is 3.32. The Bertz CT molecular complexity index is 606. The zero-order valence-electron chi connectivity index (χ0n) is 12.0. The first-order chi connectivity index (χ1) is 9.78. The van der Waals surface area contributed by atoms with Crippen LogP contribution in [0.5, 0.6) is 5.75 Å². The number of aryl methyl sites for hydroxylation is 1. The van der Waals surface area contributed by atoms with E-state index >= 15 is 0 Å². The van der Waals surface area contributed by atoms with Crippen LogP contribution in [0.1, 0.15) is 24.0 Å². The zero-order chi connectivity index (χ0) is 13.9. The first-order valence-corrected chi connectivity index (χ1v) is 7.09. The van der Waals surface area contributed by atoms with Gasteiger partial charge in [0.05, 0.1) is 7.11 Å². The fourth-order valence-corrected chi connectivity index (χ4v) is 2.42. The lowest BCUT2D eigenvalue weighted by molar-refractivity contribution is 0.414. The Kier molecular flexibility index (Phi) is 3.70. The van der Waals surface area contributed by atoms with Gasteiger partial charge in [0.25, 0.3) is 0 Å². The van der Waals surface area contributed by atoms with E-state index in [1.54, 1.807) is 7.11 Å². The minimum atomic E-state index is 0.701. The smallest absolute Gasteiger partial charge is 0.119 e. The molecule has 1 saturated carbocycles. The van der Waals surface area contributed by atoms with Crippen LogP contribution in [0.15, 0.2) is 36.7 Å². The number of benzene rings is 1. The molecule has 20 heavy (non-hydrogen) atoms. The summed E-state index contributed by atoms with van der Waals surface area (Å²) < 4.78 is 5.36. The van der Waals surface area contributed by atoms with Crippen molar-refractivity contribution < 1.29 is 4.74 Å².